The average Bonchev–Trinajstić information content (AvgIpc) is 2.62. The van der Waals surface area contributed by atoms with Crippen LogP contribution in [-0.2, 0) is 0 Å². The van der Waals surface area contributed by atoms with Crippen molar-refractivity contribution < 1.29 is 0 Å². The summed E-state index contributed by atoms with van der Waals surface area (Å²) in [5.74, 6) is 0. The molecule has 3 aromatic rings. The smallest absolute Gasteiger partial charge is 0.102 e. The van der Waals surface area contributed by atoms with Crippen LogP contribution in [0.1, 0.15) is 51.7 Å². The standard InChI is InChI=1S/C22H26N4/c1-5-6-13-23-14-16-9-7-11-18-19-12-8-10-17(15-24-22(2,3)4)21(19)26-25-20(16)18/h7-12,14-15H,5-6,13H2,1-4H3/b23-14+,24-15+. The second kappa shape index (κ2) is 7.73. The molecule has 4 nitrogen and oxygen atoms in total. The lowest BCUT2D eigenvalue weighted by Gasteiger charge is -2.11. The first-order valence-electron chi connectivity index (χ1n) is 9.23. The molecule has 2 aromatic carbocycles. The molecule has 0 fully saturated rings. The summed E-state index contributed by atoms with van der Waals surface area (Å²) in [7, 11) is 0. The number of aromatic nitrogens is 2. The van der Waals surface area contributed by atoms with Gasteiger partial charge in [-0.2, -0.15) is 0 Å². The predicted molar refractivity (Wildman–Crippen MR) is 112 cm³/mol. The number of hydrogen-bond donors (Lipinski definition) is 0. The Morgan fingerprint density at radius 3 is 2.00 bits per heavy atom. The number of benzene rings is 2. The number of nitrogens with zero attached hydrogens (tertiary/aromatic N) is 4. The molecular formula is C22H26N4. The third-order valence-electron chi connectivity index (χ3n) is 4.14. The maximum atomic E-state index is 4.62. The zero-order valence-corrected chi connectivity index (χ0v) is 16.0. The maximum Gasteiger partial charge on any atom is 0.102 e. The summed E-state index contributed by atoms with van der Waals surface area (Å²) in [5.41, 5.74) is 3.67. The normalized spacial score (nSPS) is 12.8. The first-order chi connectivity index (χ1) is 12.5. The fourth-order valence-electron chi connectivity index (χ4n) is 2.76. The Morgan fingerprint density at radius 2 is 1.46 bits per heavy atom. The molecule has 0 unspecified atom stereocenters. The van der Waals surface area contributed by atoms with Gasteiger partial charge >= 0.3 is 0 Å². The first-order valence-corrected chi connectivity index (χ1v) is 9.23. The second-order valence-electron chi connectivity index (χ2n) is 7.50. The van der Waals surface area contributed by atoms with E-state index in [-0.39, 0.29) is 5.54 Å². The van der Waals surface area contributed by atoms with Gasteiger partial charge in [0.15, 0.2) is 0 Å². The van der Waals surface area contributed by atoms with Gasteiger partial charge in [0.2, 0.25) is 0 Å². The molecule has 0 amide bonds. The van der Waals surface area contributed by atoms with Crippen molar-refractivity contribution in [3.63, 3.8) is 0 Å². The molecule has 134 valence electrons. The molecule has 4 heteroatoms. The zero-order chi connectivity index (χ0) is 18.6. The number of rotatable bonds is 5. The maximum absolute atomic E-state index is 4.62. The summed E-state index contributed by atoms with van der Waals surface area (Å²) in [6.07, 6.45) is 6.07. The van der Waals surface area contributed by atoms with Gasteiger partial charge in [-0.3, -0.25) is 9.98 Å². The van der Waals surface area contributed by atoms with Gasteiger partial charge in [0.25, 0.3) is 0 Å². The van der Waals surface area contributed by atoms with E-state index in [1.807, 2.05) is 24.6 Å². The Labute approximate surface area is 155 Å². The van der Waals surface area contributed by atoms with E-state index in [4.69, 9.17) is 0 Å². The van der Waals surface area contributed by atoms with E-state index in [1.165, 1.54) is 0 Å². The van der Waals surface area contributed by atoms with Crippen molar-refractivity contribution >= 4 is 34.2 Å². The van der Waals surface area contributed by atoms with Crippen LogP contribution in [0.5, 0.6) is 0 Å². The third kappa shape index (κ3) is 4.13. The van der Waals surface area contributed by atoms with Crippen molar-refractivity contribution in [2.75, 3.05) is 6.54 Å². The first kappa shape index (κ1) is 18.2. The molecule has 0 aliphatic carbocycles. The minimum atomic E-state index is -0.117. The van der Waals surface area contributed by atoms with E-state index >= 15 is 0 Å². The van der Waals surface area contributed by atoms with Crippen molar-refractivity contribution in [3.05, 3.63) is 47.5 Å². The minimum absolute atomic E-state index is 0.117. The van der Waals surface area contributed by atoms with Gasteiger partial charge in [-0.1, -0.05) is 49.7 Å². The number of unbranched alkanes of at least 4 members (excludes halogenated alkanes) is 1. The molecule has 3 rings (SSSR count). The molecule has 26 heavy (non-hydrogen) atoms. The fourth-order valence-corrected chi connectivity index (χ4v) is 2.76. The van der Waals surface area contributed by atoms with Crippen LogP contribution in [0.3, 0.4) is 0 Å². The van der Waals surface area contributed by atoms with Crippen LogP contribution in [0.2, 0.25) is 0 Å². The van der Waals surface area contributed by atoms with E-state index in [9.17, 15) is 0 Å². The third-order valence-corrected chi connectivity index (χ3v) is 4.14. The molecule has 0 bridgehead atoms. The fraction of sp³-hybridized carbons (Fsp3) is 0.364. The lowest BCUT2D eigenvalue weighted by molar-refractivity contribution is 0.587. The molecule has 1 aromatic heterocycles. The Kier molecular flexibility index (Phi) is 5.40. The molecule has 0 spiro atoms. The predicted octanol–water partition coefficient (Wildman–Crippen LogP) is 5.22. The number of hydrogen-bond acceptors (Lipinski definition) is 4. The molecule has 0 atom stereocenters. The highest BCUT2D eigenvalue weighted by Crippen LogP contribution is 2.25. The highest BCUT2D eigenvalue weighted by Gasteiger charge is 2.10. The second-order valence-corrected chi connectivity index (χ2v) is 7.50. The Bertz CT molecular complexity index is 965. The Morgan fingerprint density at radius 1 is 0.885 bits per heavy atom. The van der Waals surface area contributed by atoms with Crippen molar-refractivity contribution in [3.8, 4) is 0 Å². The summed E-state index contributed by atoms with van der Waals surface area (Å²) in [5, 5.41) is 11.2. The largest absolute Gasteiger partial charge is 0.292 e. The van der Waals surface area contributed by atoms with Crippen LogP contribution in [0.4, 0.5) is 0 Å². The van der Waals surface area contributed by atoms with Crippen molar-refractivity contribution in [2.45, 2.75) is 46.1 Å². The molecule has 0 radical (unpaired) electrons. The van der Waals surface area contributed by atoms with Crippen molar-refractivity contribution in [2.24, 2.45) is 9.98 Å². The van der Waals surface area contributed by atoms with Crippen LogP contribution >= 0.6 is 0 Å². The zero-order valence-electron chi connectivity index (χ0n) is 16.0. The van der Waals surface area contributed by atoms with E-state index in [1.54, 1.807) is 0 Å². The van der Waals surface area contributed by atoms with E-state index in [0.29, 0.717) is 0 Å². The van der Waals surface area contributed by atoms with Gasteiger partial charge in [0.1, 0.15) is 11.0 Å². The van der Waals surface area contributed by atoms with Gasteiger partial charge < -0.3 is 0 Å². The van der Waals surface area contributed by atoms with Gasteiger partial charge in [-0.15, -0.1) is 10.2 Å². The summed E-state index contributed by atoms with van der Waals surface area (Å²) >= 11 is 0. The molecule has 0 saturated carbocycles. The van der Waals surface area contributed by atoms with E-state index in [2.05, 4.69) is 72.1 Å². The Balaban J connectivity index is 2.10. The highest BCUT2D eigenvalue weighted by atomic mass is 15.1. The van der Waals surface area contributed by atoms with Crippen LogP contribution in [0.25, 0.3) is 21.8 Å². The minimum Gasteiger partial charge on any atom is -0.292 e. The van der Waals surface area contributed by atoms with Crippen molar-refractivity contribution in [1.29, 1.82) is 0 Å². The van der Waals surface area contributed by atoms with Gasteiger partial charge in [-0.25, -0.2) is 0 Å². The van der Waals surface area contributed by atoms with Crippen LogP contribution in [-0.4, -0.2) is 34.7 Å². The Hall–Kier alpha value is -2.62. The van der Waals surface area contributed by atoms with Crippen LogP contribution < -0.4 is 0 Å². The lowest BCUT2D eigenvalue weighted by Crippen LogP contribution is -2.09. The van der Waals surface area contributed by atoms with Crippen molar-refractivity contribution in [1.82, 2.24) is 10.2 Å². The topological polar surface area (TPSA) is 50.5 Å². The molecule has 1 heterocycles. The highest BCUT2D eigenvalue weighted by molar-refractivity contribution is 6.12. The summed E-state index contributed by atoms with van der Waals surface area (Å²) < 4.78 is 0. The lowest BCUT2D eigenvalue weighted by atomic mass is 10.0. The summed E-state index contributed by atoms with van der Waals surface area (Å²) in [6, 6.07) is 12.4. The van der Waals surface area contributed by atoms with Gasteiger partial charge in [-0.05, 0) is 27.2 Å². The number of fused-ring (bicyclic) bond motifs is 3. The average molecular weight is 346 g/mol. The monoisotopic (exact) mass is 346 g/mol. The summed E-state index contributed by atoms with van der Waals surface area (Å²) in [6.45, 7) is 9.27. The molecule has 0 N–H and O–H groups in total. The van der Waals surface area contributed by atoms with Gasteiger partial charge in [0, 0.05) is 40.9 Å². The molecule has 0 aliphatic rings. The van der Waals surface area contributed by atoms with E-state index < -0.39 is 0 Å². The summed E-state index contributed by atoms with van der Waals surface area (Å²) in [4.78, 5) is 9.14. The van der Waals surface area contributed by atoms with Crippen LogP contribution in [0, 0.1) is 0 Å². The van der Waals surface area contributed by atoms with E-state index in [0.717, 1.165) is 52.3 Å². The molecule has 0 saturated heterocycles. The van der Waals surface area contributed by atoms with Gasteiger partial charge in [0.05, 0.1) is 5.54 Å². The van der Waals surface area contributed by atoms with Crippen LogP contribution in [0.15, 0.2) is 46.4 Å². The quantitative estimate of drug-likeness (QED) is 0.361. The molecular weight excluding hydrogens is 320 g/mol. The SMILES string of the molecule is CCCC/N=C/c1cccc2c1nnc1c(/C=N/C(C)(C)C)cccc12. The molecule has 0 aliphatic heterocycles. The number of aliphatic imine (C=N–C) groups is 2.